The molecule has 0 unspecified atom stereocenters. The number of rotatable bonds is 2. The fraction of sp³-hybridized carbons (Fsp3) is 0. The lowest BCUT2D eigenvalue weighted by molar-refractivity contribution is 1.13. The molecular weight excluding hydrogens is 437 g/mol. The van der Waals surface area contributed by atoms with Crippen LogP contribution in [0.3, 0.4) is 0 Å². The maximum Gasteiger partial charge on any atom is 0.335 e. The summed E-state index contributed by atoms with van der Waals surface area (Å²) < 4.78 is 2.54. The second-order valence-corrected chi connectivity index (χ2v) is 9.44. The molecule has 0 atom stereocenters. The van der Waals surface area contributed by atoms with Gasteiger partial charge in [0.05, 0.1) is 0 Å². The van der Waals surface area contributed by atoms with Crippen molar-refractivity contribution < 1.29 is 0 Å². The largest absolute Gasteiger partial charge is 0.362 e. The Balaban J connectivity index is 1.52. The molecule has 0 N–H and O–H groups in total. The summed E-state index contributed by atoms with van der Waals surface area (Å²) in [7, 11) is 0. The Morgan fingerprint density at radius 3 is 1.83 bits per heavy atom. The first-order chi connectivity index (χ1) is 17.9. The fourth-order valence-corrected chi connectivity index (χ4v) is 6.12. The van der Waals surface area contributed by atoms with Gasteiger partial charge in [0.25, 0.3) is 0 Å². The summed E-state index contributed by atoms with van der Waals surface area (Å²) in [4.78, 5) is 4.84. The van der Waals surface area contributed by atoms with Gasteiger partial charge < -0.3 is 9.38 Å². The number of nitrogens with zero attached hydrogens (tertiary/aromatic N) is 3. The Kier molecular flexibility index (Phi) is 4.03. The van der Waals surface area contributed by atoms with Crippen LogP contribution in [0.1, 0.15) is 0 Å². The van der Waals surface area contributed by atoms with Crippen LogP contribution in [0, 0.1) is 0 Å². The van der Waals surface area contributed by atoms with Crippen LogP contribution >= 0.6 is 0 Å². The first kappa shape index (κ1) is 19.6. The van der Waals surface area contributed by atoms with Gasteiger partial charge in [0, 0.05) is 39.3 Å². The first-order valence-electron chi connectivity index (χ1n) is 12.4. The molecule has 0 fully saturated rings. The maximum atomic E-state index is 2.54. The van der Waals surface area contributed by atoms with E-state index in [-0.39, 0.29) is 6.85 Å². The molecule has 2 aliphatic rings. The number of aromatic nitrogens is 1. The molecule has 0 radical (unpaired) electrons. The topological polar surface area (TPSA) is 11.4 Å². The van der Waals surface area contributed by atoms with Crippen molar-refractivity contribution in [3.8, 4) is 0 Å². The van der Waals surface area contributed by atoms with Crippen molar-refractivity contribution in [2.75, 3.05) is 9.80 Å². The van der Waals surface area contributed by atoms with E-state index in [1.165, 1.54) is 56.1 Å². The summed E-state index contributed by atoms with van der Waals surface area (Å²) in [5.74, 6) is 1.19. The lowest BCUT2D eigenvalue weighted by atomic mass is 9.46. The molecule has 8 rings (SSSR count). The lowest BCUT2D eigenvalue weighted by Crippen LogP contribution is -2.58. The number of fused-ring (bicyclic) bond motifs is 6. The van der Waals surface area contributed by atoms with E-state index in [9.17, 15) is 0 Å². The van der Waals surface area contributed by atoms with E-state index in [1.807, 2.05) is 0 Å². The Labute approximate surface area is 210 Å². The van der Waals surface area contributed by atoms with Gasteiger partial charge in [-0.15, -0.1) is 0 Å². The highest BCUT2D eigenvalue weighted by atomic mass is 15.3. The third kappa shape index (κ3) is 2.58. The van der Waals surface area contributed by atoms with Gasteiger partial charge in [0.2, 0.25) is 0 Å². The van der Waals surface area contributed by atoms with Crippen LogP contribution in [0.4, 0.5) is 34.3 Å². The highest BCUT2D eigenvalue weighted by molar-refractivity contribution is 6.89. The SMILES string of the molecule is c1ccc(N2c3ccccc3B3c4c2cccc4N(c2ccccc2)c2cc4ccccc4n23)cc1. The van der Waals surface area contributed by atoms with E-state index < -0.39 is 0 Å². The van der Waals surface area contributed by atoms with Crippen LogP contribution in [-0.4, -0.2) is 11.3 Å². The molecule has 6 aromatic rings. The van der Waals surface area contributed by atoms with Crippen LogP contribution in [0.25, 0.3) is 10.9 Å². The average molecular weight is 459 g/mol. The molecule has 2 aliphatic heterocycles. The van der Waals surface area contributed by atoms with Crippen molar-refractivity contribution in [3.05, 3.63) is 133 Å². The minimum absolute atomic E-state index is 0.0854. The maximum absolute atomic E-state index is 2.54. The van der Waals surface area contributed by atoms with Crippen LogP contribution in [0.5, 0.6) is 0 Å². The zero-order valence-electron chi connectivity index (χ0n) is 19.6. The van der Waals surface area contributed by atoms with Crippen LogP contribution in [0.2, 0.25) is 0 Å². The lowest BCUT2D eigenvalue weighted by Gasteiger charge is -2.43. The predicted molar refractivity (Wildman–Crippen MR) is 152 cm³/mol. The van der Waals surface area contributed by atoms with Gasteiger partial charge in [-0.3, -0.25) is 4.90 Å². The third-order valence-corrected chi connectivity index (χ3v) is 7.53. The number of hydrogen-bond donors (Lipinski definition) is 0. The average Bonchev–Trinajstić information content (AvgIpc) is 3.33. The van der Waals surface area contributed by atoms with E-state index in [1.54, 1.807) is 0 Å². The summed E-state index contributed by atoms with van der Waals surface area (Å²) in [5.41, 5.74) is 9.93. The van der Waals surface area contributed by atoms with E-state index in [4.69, 9.17) is 0 Å². The van der Waals surface area contributed by atoms with Crippen molar-refractivity contribution in [3.63, 3.8) is 0 Å². The normalized spacial score (nSPS) is 13.4. The van der Waals surface area contributed by atoms with Crippen molar-refractivity contribution in [2.24, 2.45) is 0 Å². The Morgan fingerprint density at radius 1 is 0.472 bits per heavy atom. The van der Waals surface area contributed by atoms with Crippen LogP contribution in [0.15, 0.2) is 133 Å². The van der Waals surface area contributed by atoms with Gasteiger partial charge in [0.1, 0.15) is 5.82 Å². The van der Waals surface area contributed by atoms with Gasteiger partial charge in [-0.2, -0.15) is 0 Å². The number of hydrogen-bond acceptors (Lipinski definition) is 2. The van der Waals surface area contributed by atoms with E-state index in [0.29, 0.717) is 0 Å². The predicted octanol–water partition coefficient (Wildman–Crippen LogP) is 6.86. The Hall–Kier alpha value is -4.70. The minimum atomic E-state index is 0.0854. The third-order valence-electron chi connectivity index (χ3n) is 7.53. The van der Waals surface area contributed by atoms with E-state index >= 15 is 0 Å². The summed E-state index contributed by atoms with van der Waals surface area (Å²) in [6.45, 7) is 0.0854. The molecule has 1 aromatic heterocycles. The zero-order chi connectivity index (χ0) is 23.6. The molecular formula is C32H22BN3. The quantitative estimate of drug-likeness (QED) is 0.262. The highest BCUT2D eigenvalue weighted by Gasteiger charge is 2.44. The van der Waals surface area contributed by atoms with Gasteiger partial charge in [-0.25, -0.2) is 0 Å². The molecule has 0 amide bonds. The molecule has 3 nitrogen and oxygen atoms in total. The van der Waals surface area contributed by atoms with Gasteiger partial charge in [-0.1, -0.05) is 78.9 Å². The number of anilines is 6. The Morgan fingerprint density at radius 2 is 1.06 bits per heavy atom. The molecule has 0 saturated heterocycles. The molecule has 0 bridgehead atoms. The molecule has 168 valence electrons. The smallest absolute Gasteiger partial charge is 0.335 e. The van der Waals surface area contributed by atoms with Crippen molar-refractivity contribution in [1.82, 2.24) is 4.48 Å². The summed E-state index contributed by atoms with van der Waals surface area (Å²) in [6.07, 6.45) is 0. The van der Waals surface area contributed by atoms with Crippen molar-refractivity contribution in [2.45, 2.75) is 0 Å². The van der Waals surface area contributed by atoms with Crippen LogP contribution in [-0.2, 0) is 0 Å². The molecule has 0 spiro atoms. The van der Waals surface area contributed by atoms with Crippen LogP contribution < -0.4 is 20.7 Å². The van der Waals surface area contributed by atoms with Crippen molar-refractivity contribution in [1.29, 1.82) is 0 Å². The standard InChI is InChI=1S/C32H22BN3/c1-3-13-24(14-4-1)34-28-19-10-8-17-26(28)33-32-29(34)20-11-21-30(32)35(25-15-5-2-6-16-25)31-22-23-12-7-9-18-27(23)36(31)33/h1-22H. The van der Waals surface area contributed by atoms with E-state index in [2.05, 4.69) is 148 Å². The summed E-state index contributed by atoms with van der Waals surface area (Å²) in [6, 6.07) is 48.2. The van der Waals surface area contributed by atoms with Gasteiger partial charge in [0.15, 0.2) is 0 Å². The molecule has 5 aromatic carbocycles. The molecule has 0 aliphatic carbocycles. The number of benzene rings is 5. The van der Waals surface area contributed by atoms with E-state index in [0.717, 1.165) is 0 Å². The number of para-hydroxylation sites is 4. The highest BCUT2D eigenvalue weighted by Crippen LogP contribution is 2.46. The van der Waals surface area contributed by atoms with Crippen molar-refractivity contribution >= 4 is 62.9 Å². The summed E-state index contributed by atoms with van der Waals surface area (Å²) >= 11 is 0. The second-order valence-electron chi connectivity index (χ2n) is 9.44. The first-order valence-corrected chi connectivity index (χ1v) is 12.4. The van der Waals surface area contributed by atoms with Gasteiger partial charge >= 0.3 is 6.85 Å². The molecule has 0 saturated carbocycles. The minimum Gasteiger partial charge on any atom is -0.362 e. The second kappa shape index (κ2) is 7.40. The fourth-order valence-electron chi connectivity index (χ4n) is 6.12. The monoisotopic (exact) mass is 459 g/mol. The molecule has 36 heavy (non-hydrogen) atoms. The zero-order valence-corrected chi connectivity index (χ0v) is 19.6. The van der Waals surface area contributed by atoms with Gasteiger partial charge in [-0.05, 0) is 65.5 Å². The molecule has 4 heteroatoms. The summed E-state index contributed by atoms with van der Waals surface area (Å²) in [5, 5.41) is 1.26. The Bertz CT molecular complexity index is 1760. The molecule has 3 heterocycles.